The Morgan fingerprint density at radius 1 is 1.36 bits per heavy atom. The standard InChI is InChI=1S/C11H23NO2/c1-11(2,3)14-10(8-13-4)7-12-9-5-6-9/h9-10,12H,5-8H2,1-4H3. The van der Waals surface area contributed by atoms with Gasteiger partial charge in [-0.1, -0.05) is 0 Å². The van der Waals surface area contributed by atoms with Crippen LogP contribution in [0.15, 0.2) is 0 Å². The zero-order valence-corrected chi connectivity index (χ0v) is 9.80. The summed E-state index contributed by atoms with van der Waals surface area (Å²) in [6.45, 7) is 7.79. The van der Waals surface area contributed by atoms with Gasteiger partial charge in [0.05, 0.1) is 18.3 Å². The SMILES string of the molecule is COCC(CNC1CC1)OC(C)(C)C. The summed E-state index contributed by atoms with van der Waals surface area (Å²) in [6.07, 6.45) is 2.80. The molecule has 1 fully saturated rings. The Morgan fingerprint density at radius 2 is 2.00 bits per heavy atom. The normalized spacial score (nSPS) is 19.7. The molecule has 0 radical (unpaired) electrons. The minimum absolute atomic E-state index is 0.0889. The third kappa shape index (κ3) is 5.58. The van der Waals surface area contributed by atoms with Gasteiger partial charge in [0, 0.05) is 19.7 Å². The van der Waals surface area contributed by atoms with E-state index in [1.807, 2.05) is 0 Å². The molecule has 1 saturated carbocycles. The number of rotatable bonds is 6. The van der Waals surface area contributed by atoms with Crippen molar-refractivity contribution in [1.82, 2.24) is 5.32 Å². The lowest BCUT2D eigenvalue weighted by atomic mass is 10.2. The summed E-state index contributed by atoms with van der Waals surface area (Å²) in [5, 5.41) is 3.46. The van der Waals surface area contributed by atoms with E-state index in [-0.39, 0.29) is 11.7 Å². The molecule has 0 heterocycles. The van der Waals surface area contributed by atoms with E-state index in [1.54, 1.807) is 7.11 Å². The lowest BCUT2D eigenvalue weighted by Gasteiger charge is -2.27. The topological polar surface area (TPSA) is 30.5 Å². The highest BCUT2D eigenvalue weighted by Crippen LogP contribution is 2.19. The highest BCUT2D eigenvalue weighted by Gasteiger charge is 2.24. The summed E-state index contributed by atoms with van der Waals surface area (Å²) < 4.78 is 11.0. The van der Waals surface area contributed by atoms with Crippen molar-refractivity contribution < 1.29 is 9.47 Å². The molecular formula is C11H23NO2. The monoisotopic (exact) mass is 201 g/mol. The summed E-state index contributed by atoms with van der Waals surface area (Å²) in [6, 6.07) is 0.734. The number of ether oxygens (including phenoxy) is 2. The van der Waals surface area contributed by atoms with Gasteiger partial charge >= 0.3 is 0 Å². The summed E-state index contributed by atoms with van der Waals surface area (Å²) in [4.78, 5) is 0. The van der Waals surface area contributed by atoms with E-state index >= 15 is 0 Å². The molecule has 0 amide bonds. The molecule has 1 N–H and O–H groups in total. The lowest BCUT2D eigenvalue weighted by molar-refractivity contribution is -0.0847. The van der Waals surface area contributed by atoms with Crippen LogP contribution in [0, 0.1) is 0 Å². The van der Waals surface area contributed by atoms with Crippen LogP contribution >= 0.6 is 0 Å². The first-order valence-corrected chi connectivity index (χ1v) is 5.41. The smallest absolute Gasteiger partial charge is 0.0939 e. The average molecular weight is 201 g/mol. The van der Waals surface area contributed by atoms with E-state index in [4.69, 9.17) is 9.47 Å². The first-order chi connectivity index (χ1) is 6.51. The van der Waals surface area contributed by atoms with Crippen LogP contribution in [0.3, 0.4) is 0 Å². The fourth-order valence-electron chi connectivity index (χ4n) is 1.41. The maximum Gasteiger partial charge on any atom is 0.0939 e. The maximum atomic E-state index is 5.87. The minimum atomic E-state index is -0.0889. The van der Waals surface area contributed by atoms with Crippen LogP contribution in [-0.2, 0) is 9.47 Å². The third-order valence-electron chi connectivity index (χ3n) is 2.08. The van der Waals surface area contributed by atoms with Gasteiger partial charge in [-0.3, -0.25) is 0 Å². The predicted octanol–water partition coefficient (Wildman–Crippen LogP) is 1.57. The van der Waals surface area contributed by atoms with Crippen molar-refractivity contribution in [2.24, 2.45) is 0 Å². The van der Waals surface area contributed by atoms with Gasteiger partial charge in [0.15, 0.2) is 0 Å². The van der Waals surface area contributed by atoms with Crippen molar-refractivity contribution >= 4 is 0 Å². The summed E-state index contributed by atoms with van der Waals surface area (Å²) in [7, 11) is 1.72. The van der Waals surface area contributed by atoms with Gasteiger partial charge in [-0.05, 0) is 33.6 Å². The molecule has 1 unspecified atom stereocenters. The second-order valence-corrected chi connectivity index (χ2v) is 4.99. The molecule has 1 rings (SSSR count). The van der Waals surface area contributed by atoms with Crippen molar-refractivity contribution in [2.45, 2.75) is 51.4 Å². The Kier molecular flexibility index (Phi) is 4.35. The highest BCUT2D eigenvalue weighted by molar-refractivity contribution is 4.82. The Bertz CT molecular complexity index is 161. The van der Waals surface area contributed by atoms with E-state index in [2.05, 4.69) is 26.1 Å². The Labute approximate surface area is 87.2 Å². The third-order valence-corrected chi connectivity index (χ3v) is 2.08. The van der Waals surface area contributed by atoms with Gasteiger partial charge in [-0.2, -0.15) is 0 Å². The zero-order chi connectivity index (χ0) is 10.6. The number of methoxy groups -OCH3 is 1. The largest absolute Gasteiger partial charge is 0.382 e. The number of nitrogens with one attached hydrogen (secondary N) is 1. The quantitative estimate of drug-likeness (QED) is 0.707. The molecular weight excluding hydrogens is 178 g/mol. The highest BCUT2D eigenvalue weighted by atomic mass is 16.5. The van der Waals surface area contributed by atoms with E-state index < -0.39 is 0 Å². The Morgan fingerprint density at radius 3 is 2.43 bits per heavy atom. The van der Waals surface area contributed by atoms with Crippen molar-refractivity contribution in [1.29, 1.82) is 0 Å². The molecule has 1 aliphatic carbocycles. The van der Waals surface area contributed by atoms with Crippen molar-refractivity contribution in [2.75, 3.05) is 20.3 Å². The molecule has 3 nitrogen and oxygen atoms in total. The lowest BCUT2D eigenvalue weighted by Crippen LogP contribution is -2.38. The molecule has 0 bridgehead atoms. The number of hydrogen-bond acceptors (Lipinski definition) is 3. The van der Waals surface area contributed by atoms with E-state index in [9.17, 15) is 0 Å². The van der Waals surface area contributed by atoms with E-state index in [0.29, 0.717) is 6.61 Å². The molecule has 0 aromatic heterocycles. The minimum Gasteiger partial charge on any atom is -0.382 e. The van der Waals surface area contributed by atoms with Gasteiger partial charge in [0.1, 0.15) is 0 Å². The second-order valence-electron chi connectivity index (χ2n) is 4.99. The van der Waals surface area contributed by atoms with Gasteiger partial charge in [-0.25, -0.2) is 0 Å². The van der Waals surface area contributed by atoms with Crippen LogP contribution in [0.1, 0.15) is 33.6 Å². The molecule has 3 heteroatoms. The predicted molar refractivity (Wildman–Crippen MR) is 57.5 cm³/mol. The van der Waals surface area contributed by atoms with Gasteiger partial charge in [0.2, 0.25) is 0 Å². The first-order valence-electron chi connectivity index (χ1n) is 5.41. The van der Waals surface area contributed by atoms with E-state index in [0.717, 1.165) is 12.6 Å². The Hall–Kier alpha value is -0.120. The van der Waals surface area contributed by atoms with Crippen molar-refractivity contribution in [3.05, 3.63) is 0 Å². The molecule has 0 aromatic carbocycles. The van der Waals surface area contributed by atoms with E-state index in [1.165, 1.54) is 12.8 Å². The summed E-state index contributed by atoms with van der Waals surface area (Å²) in [5.41, 5.74) is -0.0889. The van der Waals surface area contributed by atoms with Crippen LogP contribution < -0.4 is 5.32 Å². The second kappa shape index (κ2) is 5.10. The van der Waals surface area contributed by atoms with Crippen LogP contribution in [0.25, 0.3) is 0 Å². The maximum absolute atomic E-state index is 5.87. The van der Waals surface area contributed by atoms with Gasteiger partial charge in [0.25, 0.3) is 0 Å². The fraction of sp³-hybridized carbons (Fsp3) is 1.00. The molecule has 0 saturated heterocycles. The van der Waals surface area contributed by atoms with Crippen LogP contribution in [0.2, 0.25) is 0 Å². The summed E-state index contributed by atoms with van der Waals surface area (Å²) in [5.74, 6) is 0. The average Bonchev–Trinajstić information content (AvgIpc) is 2.80. The number of hydrogen-bond donors (Lipinski definition) is 1. The summed E-state index contributed by atoms with van der Waals surface area (Å²) >= 11 is 0. The van der Waals surface area contributed by atoms with Crippen molar-refractivity contribution in [3.63, 3.8) is 0 Å². The molecule has 84 valence electrons. The molecule has 14 heavy (non-hydrogen) atoms. The molecule has 0 spiro atoms. The van der Waals surface area contributed by atoms with Crippen LogP contribution in [0.5, 0.6) is 0 Å². The van der Waals surface area contributed by atoms with Crippen molar-refractivity contribution in [3.8, 4) is 0 Å². The molecule has 0 aromatic rings. The molecule has 1 aliphatic rings. The molecule has 0 aliphatic heterocycles. The fourth-order valence-corrected chi connectivity index (χ4v) is 1.41. The van der Waals surface area contributed by atoms with Gasteiger partial charge < -0.3 is 14.8 Å². The Balaban J connectivity index is 2.21. The van der Waals surface area contributed by atoms with Crippen LogP contribution in [0.4, 0.5) is 0 Å². The van der Waals surface area contributed by atoms with Crippen LogP contribution in [-0.4, -0.2) is 38.0 Å². The van der Waals surface area contributed by atoms with Gasteiger partial charge in [-0.15, -0.1) is 0 Å². The zero-order valence-electron chi connectivity index (χ0n) is 9.80. The molecule has 1 atom stereocenters. The first kappa shape index (κ1) is 12.0.